The molecule has 3 rings (SSSR count). The molecule has 1 saturated heterocycles. The molecule has 0 aromatic heterocycles. The number of carbonyl (C=O) groups excluding carboxylic acids is 1. The van der Waals surface area contributed by atoms with Crippen LogP contribution in [0.4, 0.5) is 0 Å². The van der Waals surface area contributed by atoms with E-state index in [4.69, 9.17) is 44.3 Å². The molecule has 1 heterocycles. The summed E-state index contributed by atoms with van der Waals surface area (Å²) in [7, 11) is 0. The maximum Gasteiger partial charge on any atom is 0.221 e. The molecule has 1 aliphatic heterocycles. The Morgan fingerprint density at radius 2 is 1.86 bits per heavy atom. The minimum Gasteiger partial charge on any atom is -0.489 e. The Kier molecular flexibility index (Phi) is 8.00. The first kappa shape index (κ1) is 21.4. The largest absolute Gasteiger partial charge is 0.489 e. The molecular weight excluding hydrogens is 421 g/mol. The highest BCUT2D eigenvalue weighted by Gasteiger charge is 2.21. The highest BCUT2D eigenvalue weighted by atomic mass is 35.5. The predicted molar refractivity (Wildman–Crippen MR) is 112 cm³/mol. The van der Waals surface area contributed by atoms with Crippen LogP contribution in [0, 0.1) is 0 Å². The van der Waals surface area contributed by atoms with Gasteiger partial charge >= 0.3 is 0 Å². The average Bonchev–Trinajstić information content (AvgIpc) is 2.68. The Hall–Kier alpha value is -1.30. The van der Waals surface area contributed by atoms with Crippen molar-refractivity contribution in [2.45, 2.75) is 25.6 Å². The van der Waals surface area contributed by atoms with Gasteiger partial charge in [-0.05, 0) is 54.4 Å². The lowest BCUT2D eigenvalue weighted by molar-refractivity contribution is -0.111. The fourth-order valence-corrected chi connectivity index (χ4v) is 3.79. The number of nitrogens with zero attached hydrogens (tertiary/aromatic N) is 1. The van der Waals surface area contributed by atoms with Crippen molar-refractivity contribution in [2.24, 2.45) is 0 Å². The molecule has 4 nitrogen and oxygen atoms in total. The molecule has 2 aromatic rings. The van der Waals surface area contributed by atoms with Crippen molar-refractivity contribution in [3.05, 3.63) is 63.6 Å². The third-order valence-electron chi connectivity index (χ3n) is 4.69. The number of ether oxygens (including phenoxy) is 2. The van der Waals surface area contributed by atoms with Crippen molar-refractivity contribution in [1.82, 2.24) is 4.90 Å². The molecule has 0 spiro atoms. The normalized spacial score (nSPS) is 17.5. The quantitative estimate of drug-likeness (QED) is 0.507. The van der Waals surface area contributed by atoms with E-state index < -0.39 is 0 Å². The minimum atomic E-state index is -0.279. The van der Waals surface area contributed by atoms with Gasteiger partial charge in [0.2, 0.25) is 5.24 Å². The van der Waals surface area contributed by atoms with Gasteiger partial charge < -0.3 is 9.47 Å². The second-order valence-electron chi connectivity index (χ2n) is 6.68. The van der Waals surface area contributed by atoms with Gasteiger partial charge in [0.05, 0.1) is 12.7 Å². The predicted octanol–water partition coefficient (Wildman–Crippen LogP) is 5.49. The van der Waals surface area contributed by atoms with Gasteiger partial charge in [0.15, 0.2) is 0 Å². The van der Waals surface area contributed by atoms with Crippen LogP contribution in [0.15, 0.2) is 42.5 Å². The molecule has 0 saturated carbocycles. The number of carbonyl (C=O) groups is 1. The van der Waals surface area contributed by atoms with E-state index in [0.717, 1.165) is 42.9 Å². The van der Waals surface area contributed by atoms with Crippen molar-refractivity contribution >= 4 is 40.0 Å². The maximum atomic E-state index is 10.9. The van der Waals surface area contributed by atoms with E-state index in [1.165, 1.54) is 0 Å². The summed E-state index contributed by atoms with van der Waals surface area (Å²) in [6.45, 7) is 3.49. The van der Waals surface area contributed by atoms with Crippen molar-refractivity contribution in [3.63, 3.8) is 0 Å². The van der Waals surface area contributed by atoms with Crippen molar-refractivity contribution < 1.29 is 14.3 Å². The number of hydrogen-bond acceptors (Lipinski definition) is 4. The smallest absolute Gasteiger partial charge is 0.221 e. The fraction of sp³-hybridized carbons (Fsp3) is 0.381. The standard InChI is InChI=1S/C21H22Cl3NO3/c22-18-3-1-4-19(23)17(18)14-28-16-8-6-15(7-9-16)20-13-25(11-12-27-20)10-2-5-21(24)26/h1,3-4,6-9,20H,2,5,10-14H2. The van der Waals surface area contributed by atoms with E-state index in [0.29, 0.717) is 29.7 Å². The molecule has 28 heavy (non-hydrogen) atoms. The third kappa shape index (κ3) is 6.10. The summed E-state index contributed by atoms with van der Waals surface area (Å²) in [5, 5.41) is 0.907. The van der Waals surface area contributed by atoms with E-state index in [1.807, 2.05) is 30.3 Å². The van der Waals surface area contributed by atoms with Gasteiger partial charge in [-0.2, -0.15) is 0 Å². The topological polar surface area (TPSA) is 38.8 Å². The second kappa shape index (κ2) is 10.5. The first-order valence-corrected chi connectivity index (χ1v) is 10.3. The molecule has 0 radical (unpaired) electrons. The first-order chi connectivity index (χ1) is 13.5. The van der Waals surface area contributed by atoms with Gasteiger partial charge in [0, 0.05) is 35.1 Å². The van der Waals surface area contributed by atoms with Gasteiger partial charge in [0.25, 0.3) is 0 Å². The molecule has 1 fully saturated rings. The van der Waals surface area contributed by atoms with Crippen molar-refractivity contribution in [2.75, 3.05) is 26.2 Å². The number of hydrogen-bond donors (Lipinski definition) is 0. The zero-order valence-corrected chi connectivity index (χ0v) is 17.6. The zero-order chi connectivity index (χ0) is 19.9. The van der Waals surface area contributed by atoms with Gasteiger partial charge in [-0.3, -0.25) is 9.69 Å². The Morgan fingerprint density at radius 3 is 2.54 bits per heavy atom. The summed E-state index contributed by atoms with van der Waals surface area (Å²) in [5.41, 5.74) is 1.87. The summed E-state index contributed by atoms with van der Waals surface area (Å²) in [4.78, 5) is 13.2. The van der Waals surface area contributed by atoms with Gasteiger partial charge in [-0.25, -0.2) is 0 Å². The lowest BCUT2D eigenvalue weighted by Crippen LogP contribution is -2.38. The summed E-state index contributed by atoms with van der Waals surface area (Å²) >= 11 is 17.8. The highest BCUT2D eigenvalue weighted by molar-refractivity contribution is 6.63. The van der Waals surface area contributed by atoms with Crippen molar-refractivity contribution in [1.29, 1.82) is 0 Å². The Balaban J connectivity index is 1.54. The van der Waals surface area contributed by atoms with Crippen LogP contribution in [0.5, 0.6) is 5.75 Å². The Morgan fingerprint density at radius 1 is 1.14 bits per heavy atom. The van der Waals surface area contributed by atoms with Crippen LogP contribution < -0.4 is 4.74 Å². The number of rotatable bonds is 8. The van der Waals surface area contributed by atoms with E-state index in [-0.39, 0.29) is 11.3 Å². The third-order valence-corrected chi connectivity index (χ3v) is 5.59. The van der Waals surface area contributed by atoms with Crippen molar-refractivity contribution in [3.8, 4) is 5.75 Å². The van der Waals surface area contributed by atoms with Gasteiger partial charge in [-0.1, -0.05) is 41.4 Å². The molecular formula is C21H22Cl3NO3. The number of halogens is 3. The first-order valence-electron chi connectivity index (χ1n) is 9.21. The van der Waals surface area contributed by atoms with E-state index in [2.05, 4.69) is 4.90 Å². The highest BCUT2D eigenvalue weighted by Crippen LogP contribution is 2.27. The zero-order valence-electron chi connectivity index (χ0n) is 15.4. The van der Waals surface area contributed by atoms with E-state index >= 15 is 0 Å². The SMILES string of the molecule is O=C(Cl)CCCN1CCOC(c2ccc(OCc3c(Cl)cccc3Cl)cc2)C1. The molecule has 2 aromatic carbocycles. The summed E-state index contributed by atoms with van der Waals surface area (Å²) in [6.07, 6.45) is 1.19. The average molecular weight is 443 g/mol. The molecule has 0 aliphatic carbocycles. The molecule has 7 heteroatoms. The molecule has 1 atom stereocenters. The van der Waals surface area contributed by atoms with Crippen LogP contribution >= 0.6 is 34.8 Å². The second-order valence-corrected chi connectivity index (χ2v) is 7.91. The lowest BCUT2D eigenvalue weighted by Gasteiger charge is -2.33. The molecule has 0 bridgehead atoms. The molecule has 1 aliphatic rings. The summed E-state index contributed by atoms with van der Waals surface area (Å²) < 4.78 is 11.7. The molecule has 0 N–H and O–H groups in total. The summed E-state index contributed by atoms with van der Waals surface area (Å²) in [5.74, 6) is 0.744. The monoisotopic (exact) mass is 441 g/mol. The minimum absolute atomic E-state index is 0.00696. The van der Waals surface area contributed by atoms with Crippen LogP contribution in [-0.2, 0) is 16.1 Å². The van der Waals surface area contributed by atoms with Crippen LogP contribution in [0.25, 0.3) is 0 Å². The van der Waals surface area contributed by atoms with Crippen LogP contribution in [0.2, 0.25) is 10.0 Å². The summed E-state index contributed by atoms with van der Waals surface area (Å²) in [6, 6.07) is 13.3. The molecule has 0 amide bonds. The van der Waals surface area contributed by atoms with Crippen LogP contribution in [0.1, 0.15) is 30.1 Å². The van der Waals surface area contributed by atoms with Crippen LogP contribution in [0.3, 0.4) is 0 Å². The van der Waals surface area contributed by atoms with Gasteiger partial charge in [0.1, 0.15) is 12.4 Å². The van der Waals surface area contributed by atoms with Gasteiger partial charge in [-0.15, -0.1) is 0 Å². The maximum absolute atomic E-state index is 10.9. The van der Waals surface area contributed by atoms with E-state index in [1.54, 1.807) is 12.1 Å². The lowest BCUT2D eigenvalue weighted by atomic mass is 10.1. The Bertz CT molecular complexity index is 778. The Labute approximate surface area is 180 Å². The molecule has 1 unspecified atom stereocenters. The molecule has 150 valence electrons. The number of morpholine rings is 1. The fourth-order valence-electron chi connectivity index (χ4n) is 3.15. The number of benzene rings is 2. The van der Waals surface area contributed by atoms with E-state index in [9.17, 15) is 4.79 Å². The van der Waals surface area contributed by atoms with Crippen LogP contribution in [-0.4, -0.2) is 36.4 Å².